The molecule has 2 aromatic rings. The van der Waals surface area contributed by atoms with Crippen molar-refractivity contribution in [3.8, 4) is 11.5 Å². The number of amides is 1. The van der Waals surface area contributed by atoms with E-state index in [2.05, 4.69) is 10.0 Å². The summed E-state index contributed by atoms with van der Waals surface area (Å²) in [5.74, 6) is 0.856. The van der Waals surface area contributed by atoms with Gasteiger partial charge in [-0.15, -0.1) is 0 Å². The second kappa shape index (κ2) is 9.38. The van der Waals surface area contributed by atoms with E-state index < -0.39 is 22.0 Å². The molecule has 0 saturated heterocycles. The maximum Gasteiger partial charge on any atom is 0.241 e. The number of hydrogen-bond donors (Lipinski definition) is 2. The number of nitrogens with one attached hydrogen (secondary N) is 2. The lowest BCUT2D eigenvalue weighted by Gasteiger charge is -2.15. The van der Waals surface area contributed by atoms with Crippen LogP contribution in [0.5, 0.6) is 11.5 Å². The van der Waals surface area contributed by atoms with Crippen LogP contribution in [0.2, 0.25) is 0 Å². The highest BCUT2D eigenvalue weighted by molar-refractivity contribution is 7.89. The number of carbonyl (C=O) groups excluding carboxylic acids is 1. The summed E-state index contributed by atoms with van der Waals surface area (Å²) >= 11 is 0. The monoisotopic (exact) mass is 392 g/mol. The molecule has 0 aliphatic heterocycles. The quantitative estimate of drug-likeness (QED) is 0.678. The van der Waals surface area contributed by atoms with Gasteiger partial charge in [-0.3, -0.25) is 4.79 Å². The number of rotatable bonds is 9. The minimum absolute atomic E-state index is 0.120. The minimum atomic E-state index is -3.74. The third kappa shape index (κ3) is 5.70. The van der Waals surface area contributed by atoms with Crippen molar-refractivity contribution in [1.82, 2.24) is 10.0 Å². The Bertz CT molecular complexity index is 869. The predicted molar refractivity (Wildman–Crippen MR) is 102 cm³/mol. The molecular weight excluding hydrogens is 368 g/mol. The smallest absolute Gasteiger partial charge is 0.241 e. The molecule has 1 atom stereocenters. The summed E-state index contributed by atoms with van der Waals surface area (Å²) in [5.41, 5.74) is 0.963. The van der Waals surface area contributed by atoms with E-state index in [1.165, 1.54) is 19.1 Å². The zero-order valence-corrected chi connectivity index (χ0v) is 16.4. The molecule has 0 heterocycles. The van der Waals surface area contributed by atoms with Crippen molar-refractivity contribution in [1.29, 1.82) is 0 Å². The van der Waals surface area contributed by atoms with Crippen LogP contribution in [-0.4, -0.2) is 41.1 Å². The molecule has 0 saturated carbocycles. The fourth-order valence-corrected chi connectivity index (χ4v) is 3.70. The van der Waals surface area contributed by atoms with Gasteiger partial charge in [0.25, 0.3) is 0 Å². The normalized spacial score (nSPS) is 12.3. The van der Waals surface area contributed by atoms with Gasteiger partial charge < -0.3 is 14.8 Å². The van der Waals surface area contributed by atoms with E-state index >= 15 is 0 Å². The maximum absolute atomic E-state index is 12.3. The molecule has 0 radical (unpaired) electrons. The van der Waals surface area contributed by atoms with Crippen molar-refractivity contribution < 1.29 is 22.7 Å². The van der Waals surface area contributed by atoms with Gasteiger partial charge in [0.15, 0.2) is 11.5 Å². The van der Waals surface area contributed by atoms with Crippen molar-refractivity contribution in [3.05, 3.63) is 54.1 Å². The highest BCUT2D eigenvalue weighted by Crippen LogP contribution is 2.27. The number of carbonyl (C=O) groups is 1. The average Bonchev–Trinajstić information content (AvgIpc) is 2.68. The van der Waals surface area contributed by atoms with Crippen LogP contribution in [0, 0.1) is 0 Å². The second-order valence-electron chi connectivity index (χ2n) is 5.89. The minimum Gasteiger partial charge on any atom is -0.493 e. The first-order chi connectivity index (χ1) is 12.9. The van der Waals surface area contributed by atoms with Gasteiger partial charge in [-0.1, -0.05) is 24.3 Å². The number of hydrogen-bond acceptors (Lipinski definition) is 5. The van der Waals surface area contributed by atoms with Gasteiger partial charge >= 0.3 is 0 Å². The summed E-state index contributed by atoms with van der Waals surface area (Å²) in [7, 11) is -0.615. The third-order valence-electron chi connectivity index (χ3n) is 3.94. The lowest BCUT2D eigenvalue weighted by atomic mass is 10.1. The van der Waals surface area contributed by atoms with Crippen molar-refractivity contribution in [3.63, 3.8) is 0 Å². The molecule has 2 N–H and O–H groups in total. The summed E-state index contributed by atoms with van der Waals surface area (Å²) in [6, 6.07) is 12.6. The molecule has 0 aliphatic carbocycles. The van der Waals surface area contributed by atoms with Crippen LogP contribution in [0.25, 0.3) is 0 Å². The lowest BCUT2D eigenvalue weighted by Crippen LogP contribution is -2.45. The fourth-order valence-electron chi connectivity index (χ4n) is 2.47. The average molecular weight is 392 g/mol. The number of sulfonamides is 1. The molecule has 0 bridgehead atoms. The number of methoxy groups -OCH3 is 2. The topological polar surface area (TPSA) is 93.7 Å². The summed E-state index contributed by atoms with van der Waals surface area (Å²) in [6.07, 6.45) is 0.574. The molecule has 0 fully saturated rings. The van der Waals surface area contributed by atoms with Crippen LogP contribution in [-0.2, 0) is 21.2 Å². The highest BCUT2D eigenvalue weighted by atomic mass is 32.2. The first-order valence-corrected chi connectivity index (χ1v) is 9.91. The van der Waals surface area contributed by atoms with E-state index in [4.69, 9.17) is 9.47 Å². The molecule has 7 nitrogen and oxygen atoms in total. The standard InChI is InChI=1S/C19H24N2O5S/c1-14(21-27(23,24)16-7-5-4-6-8-16)19(22)20-12-11-15-9-10-17(25-2)18(13-15)26-3/h4-10,13-14,21H,11-12H2,1-3H3,(H,20,22). The van der Waals surface area contributed by atoms with Gasteiger partial charge in [-0.05, 0) is 43.2 Å². The largest absolute Gasteiger partial charge is 0.493 e. The Labute approximate surface area is 159 Å². The Balaban J connectivity index is 1.88. The molecule has 27 heavy (non-hydrogen) atoms. The Morgan fingerprint density at radius 1 is 1.04 bits per heavy atom. The van der Waals surface area contributed by atoms with Gasteiger partial charge in [-0.25, -0.2) is 8.42 Å². The zero-order valence-electron chi connectivity index (χ0n) is 15.6. The molecule has 1 unspecified atom stereocenters. The highest BCUT2D eigenvalue weighted by Gasteiger charge is 2.21. The molecule has 8 heteroatoms. The maximum atomic E-state index is 12.3. The van der Waals surface area contributed by atoms with E-state index in [1.807, 2.05) is 12.1 Å². The number of benzene rings is 2. The molecule has 146 valence electrons. The van der Waals surface area contributed by atoms with Gasteiger partial charge in [0, 0.05) is 6.54 Å². The van der Waals surface area contributed by atoms with E-state index in [1.54, 1.807) is 38.5 Å². The van der Waals surface area contributed by atoms with E-state index in [-0.39, 0.29) is 4.90 Å². The van der Waals surface area contributed by atoms with Crippen molar-refractivity contribution in [2.75, 3.05) is 20.8 Å². The summed E-state index contributed by atoms with van der Waals surface area (Å²) in [6.45, 7) is 1.87. The summed E-state index contributed by atoms with van der Waals surface area (Å²) in [4.78, 5) is 12.3. The molecule has 0 aliphatic rings. The van der Waals surface area contributed by atoms with Gasteiger partial charge in [0.1, 0.15) is 0 Å². The molecule has 0 spiro atoms. The van der Waals surface area contributed by atoms with Crippen molar-refractivity contribution in [2.24, 2.45) is 0 Å². The van der Waals surface area contributed by atoms with E-state index in [0.29, 0.717) is 24.5 Å². The molecule has 0 aromatic heterocycles. The van der Waals surface area contributed by atoms with Crippen LogP contribution >= 0.6 is 0 Å². The van der Waals surface area contributed by atoms with E-state index in [9.17, 15) is 13.2 Å². The zero-order chi connectivity index (χ0) is 19.9. The fraction of sp³-hybridized carbons (Fsp3) is 0.316. The second-order valence-corrected chi connectivity index (χ2v) is 7.60. The Hall–Kier alpha value is -2.58. The van der Waals surface area contributed by atoms with Crippen LogP contribution in [0.15, 0.2) is 53.4 Å². The Kier molecular flexibility index (Phi) is 7.20. The Morgan fingerprint density at radius 2 is 1.70 bits per heavy atom. The van der Waals surface area contributed by atoms with Crippen LogP contribution in [0.4, 0.5) is 0 Å². The molecule has 2 rings (SSSR count). The van der Waals surface area contributed by atoms with Crippen molar-refractivity contribution >= 4 is 15.9 Å². The SMILES string of the molecule is COc1ccc(CCNC(=O)C(C)NS(=O)(=O)c2ccccc2)cc1OC. The molecule has 1 amide bonds. The van der Waals surface area contributed by atoms with Crippen LogP contribution in [0.3, 0.4) is 0 Å². The molecular formula is C19H24N2O5S. The Morgan fingerprint density at radius 3 is 2.33 bits per heavy atom. The first kappa shape index (κ1) is 20.7. The first-order valence-electron chi connectivity index (χ1n) is 8.43. The van der Waals surface area contributed by atoms with Crippen LogP contribution < -0.4 is 19.5 Å². The third-order valence-corrected chi connectivity index (χ3v) is 5.50. The van der Waals surface area contributed by atoms with Gasteiger partial charge in [-0.2, -0.15) is 4.72 Å². The lowest BCUT2D eigenvalue weighted by molar-refractivity contribution is -0.122. The van der Waals surface area contributed by atoms with Crippen LogP contribution in [0.1, 0.15) is 12.5 Å². The predicted octanol–water partition coefficient (Wildman–Crippen LogP) is 1.73. The van der Waals surface area contributed by atoms with E-state index in [0.717, 1.165) is 5.56 Å². The van der Waals surface area contributed by atoms with Crippen molar-refractivity contribution in [2.45, 2.75) is 24.3 Å². The summed E-state index contributed by atoms with van der Waals surface area (Å²) < 4.78 is 37.3. The summed E-state index contributed by atoms with van der Waals surface area (Å²) in [5, 5.41) is 2.73. The van der Waals surface area contributed by atoms with Gasteiger partial charge in [0.05, 0.1) is 25.2 Å². The van der Waals surface area contributed by atoms with Gasteiger partial charge in [0.2, 0.25) is 15.9 Å². The molecule has 2 aromatic carbocycles. The number of ether oxygens (including phenoxy) is 2.